The van der Waals surface area contributed by atoms with E-state index < -0.39 is 17.7 Å². The monoisotopic (exact) mass is 150 g/mol. The van der Waals surface area contributed by atoms with Crippen molar-refractivity contribution in [3.63, 3.8) is 0 Å². The van der Waals surface area contributed by atoms with Crippen LogP contribution in [0.25, 0.3) is 0 Å². The van der Waals surface area contributed by atoms with Gasteiger partial charge in [-0.1, -0.05) is 6.92 Å². The van der Waals surface area contributed by atoms with Crippen LogP contribution in [0.3, 0.4) is 0 Å². The molecular formula is C6H11FO3. The van der Waals surface area contributed by atoms with Crippen LogP contribution in [-0.2, 0) is 4.79 Å². The molecule has 0 rings (SSSR count). The predicted octanol–water partition coefficient (Wildman–Crippen LogP) is 0.570. The number of carbonyl (C=O) groups is 1. The van der Waals surface area contributed by atoms with E-state index in [1.165, 1.54) is 6.92 Å². The van der Waals surface area contributed by atoms with Crippen molar-refractivity contribution in [2.45, 2.75) is 32.0 Å². The number of carboxylic acids is 1. The van der Waals surface area contributed by atoms with Crippen molar-refractivity contribution in [3.8, 4) is 0 Å². The molecule has 0 bridgehead atoms. The van der Waals surface area contributed by atoms with Gasteiger partial charge in [0.15, 0.2) is 0 Å². The fourth-order valence-electron chi connectivity index (χ4n) is 0.526. The van der Waals surface area contributed by atoms with Crippen LogP contribution in [0.1, 0.15) is 20.3 Å². The number of hydrogen-bond acceptors (Lipinski definition) is 2. The molecule has 0 radical (unpaired) electrons. The Labute approximate surface area is 58.5 Å². The normalized spacial score (nSPS) is 19.6. The summed E-state index contributed by atoms with van der Waals surface area (Å²) in [6, 6.07) is 0. The first-order chi connectivity index (χ1) is 4.42. The van der Waals surface area contributed by atoms with E-state index in [-0.39, 0.29) is 6.42 Å². The lowest BCUT2D eigenvalue weighted by atomic mass is 10.00. The highest BCUT2D eigenvalue weighted by Crippen LogP contribution is 2.17. The lowest BCUT2D eigenvalue weighted by Crippen LogP contribution is -2.42. The molecule has 0 aromatic carbocycles. The van der Waals surface area contributed by atoms with Gasteiger partial charge >= 0.3 is 5.97 Å². The first kappa shape index (κ1) is 9.36. The highest BCUT2D eigenvalue weighted by Gasteiger charge is 2.39. The van der Waals surface area contributed by atoms with Crippen LogP contribution < -0.4 is 0 Å². The van der Waals surface area contributed by atoms with Gasteiger partial charge in [-0.15, -0.1) is 0 Å². The molecule has 0 saturated carbocycles. The number of aliphatic hydroxyl groups excluding tert-OH is 1. The second kappa shape index (κ2) is 2.96. The molecule has 60 valence electrons. The number of aliphatic carboxylic acids is 1. The minimum Gasteiger partial charge on any atom is -0.479 e. The molecule has 10 heavy (non-hydrogen) atoms. The third kappa shape index (κ3) is 1.67. The molecule has 2 N–H and O–H groups in total. The molecule has 0 aromatic heterocycles. The van der Waals surface area contributed by atoms with Crippen LogP contribution in [0.15, 0.2) is 0 Å². The molecule has 0 saturated heterocycles. The summed E-state index contributed by atoms with van der Waals surface area (Å²) in [5, 5.41) is 17.0. The van der Waals surface area contributed by atoms with Gasteiger partial charge in [0.25, 0.3) is 0 Å². The van der Waals surface area contributed by atoms with E-state index >= 15 is 0 Å². The van der Waals surface area contributed by atoms with Gasteiger partial charge in [-0.3, -0.25) is 0 Å². The third-order valence-corrected chi connectivity index (χ3v) is 1.43. The highest BCUT2D eigenvalue weighted by atomic mass is 19.1. The number of aliphatic hydroxyl groups is 1. The van der Waals surface area contributed by atoms with Crippen LogP contribution in [0.4, 0.5) is 4.39 Å². The van der Waals surface area contributed by atoms with E-state index in [2.05, 4.69) is 0 Å². The minimum absolute atomic E-state index is 0.0965. The van der Waals surface area contributed by atoms with Crippen LogP contribution in [0.5, 0.6) is 0 Å². The summed E-state index contributed by atoms with van der Waals surface area (Å²) in [5.74, 6) is -1.62. The maximum atomic E-state index is 12.8. The largest absolute Gasteiger partial charge is 0.479 e. The Morgan fingerprint density at radius 3 is 2.30 bits per heavy atom. The summed E-state index contributed by atoms with van der Waals surface area (Å²) >= 11 is 0. The van der Waals surface area contributed by atoms with E-state index in [9.17, 15) is 9.18 Å². The summed E-state index contributed by atoms with van der Waals surface area (Å²) in [6.45, 7) is 2.37. The quantitative estimate of drug-likeness (QED) is 0.618. The van der Waals surface area contributed by atoms with Crippen molar-refractivity contribution in [2.24, 2.45) is 0 Å². The summed E-state index contributed by atoms with van der Waals surface area (Å²) in [5.41, 5.74) is -2.52. The van der Waals surface area contributed by atoms with Crippen molar-refractivity contribution in [3.05, 3.63) is 0 Å². The Morgan fingerprint density at radius 1 is 1.80 bits per heavy atom. The second-order valence-electron chi connectivity index (χ2n) is 2.30. The van der Waals surface area contributed by atoms with E-state index in [0.29, 0.717) is 0 Å². The van der Waals surface area contributed by atoms with Gasteiger partial charge in [0, 0.05) is 0 Å². The Hall–Kier alpha value is -0.640. The minimum atomic E-state index is -2.52. The zero-order valence-corrected chi connectivity index (χ0v) is 5.97. The van der Waals surface area contributed by atoms with Crippen molar-refractivity contribution >= 4 is 5.97 Å². The zero-order chi connectivity index (χ0) is 8.36. The van der Waals surface area contributed by atoms with Crippen LogP contribution >= 0.6 is 0 Å². The number of halogens is 1. The van der Waals surface area contributed by atoms with Crippen LogP contribution in [0.2, 0.25) is 0 Å². The molecule has 0 aliphatic rings. The van der Waals surface area contributed by atoms with Crippen molar-refractivity contribution in [2.75, 3.05) is 0 Å². The van der Waals surface area contributed by atoms with E-state index in [4.69, 9.17) is 10.2 Å². The number of rotatable bonds is 3. The summed E-state index contributed by atoms with van der Waals surface area (Å²) in [4.78, 5) is 10.1. The fourth-order valence-corrected chi connectivity index (χ4v) is 0.526. The Morgan fingerprint density at radius 2 is 2.20 bits per heavy atom. The molecular weight excluding hydrogens is 139 g/mol. The van der Waals surface area contributed by atoms with Crippen LogP contribution in [0, 0.1) is 0 Å². The van der Waals surface area contributed by atoms with Gasteiger partial charge in [-0.05, 0) is 13.3 Å². The molecule has 0 spiro atoms. The van der Waals surface area contributed by atoms with E-state index in [0.717, 1.165) is 6.92 Å². The maximum absolute atomic E-state index is 12.8. The number of hydrogen-bond donors (Lipinski definition) is 2. The van der Waals surface area contributed by atoms with Crippen molar-refractivity contribution in [1.29, 1.82) is 0 Å². The predicted molar refractivity (Wildman–Crippen MR) is 33.4 cm³/mol. The molecule has 0 aliphatic heterocycles. The molecule has 2 unspecified atom stereocenters. The smallest absolute Gasteiger partial charge is 0.343 e. The molecule has 0 heterocycles. The Kier molecular flexibility index (Phi) is 2.77. The number of alkyl halides is 1. The Bertz CT molecular complexity index is 133. The molecule has 0 aliphatic carbocycles. The van der Waals surface area contributed by atoms with E-state index in [1.54, 1.807) is 0 Å². The lowest BCUT2D eigenvalue weighted by Gasteiger charge is -2.19. The third-order valence-electron chi connectivity index (χ3n) is 1.43. The zero-order valence-electron chi connectivity index (χ0n) is 5.97. The molecule has 4 heteroatoms. The second-order valence-corrected chi connectivity index (χ2v) is 2.30. The van der Waals surface area contributed by atoms with Gasteiger partial charge in [-0.2, -0.15) is 0 Å². The van der Waals surface area contributed by atoms with Gasteiger partial charge in [0.05, 0.1) is 6.10 Å². The molecule has 0 fully saturated rings. The first-order valence-electron chi connectivity index (χ1n) is 3.03. The SMILES string of the molecule is CCC(O)C(C)(F)C(=O)O. The standard InChI is InChI=1S/C6H11FO3/c1-3-4(8)6(2,7)5(9)10/h4,8H,3H2,1-2H3,(H,9,10). The molecule has 0 amide bonds. The van der Waals surface area contributed by atoms with Gasteiger partial charge in [0.2, 0.25) is 5.67 Å². The van der Waals surface area contributed by atoms with Crippen molar-refractivity contribution < 1.29 is 19.4 Å². The maximum Gasteiger partial charge on any atom is 0.343 e. The Balaban J connectivity index is 4.23. The van der Waals surface area contributed by atoms with Gasteiger partial charge in [0.1, 0.15) is 0 Å². The van der Waals surface area contributed by atoms with Gasteiger partial charge in [-0.25, -0.2) is 9.18 Å². The summed E-state index contributed by atoms with van der Waals surface area (Å²) < 4.78 is 12.8. The number of carboxylic acid groups (broad SMARTS) is 1. The first-order valence-corrected chi connectivity index (χ1v) is 3.03. The molecule has 0 aromatic rings. The topological polar surface area (TPSA) is 57.5 Å². The lowest BCUT2D eigenvalue weighted by molar-refractivity contribution is -0.157. The summed E-state index contributed by atoms with van der Waals surface area (Å²) in [7, 11) is 0. The highest BCUT2D eigenvalue weighted by molar-refractivity contribution is 5.77. The fraction of sp³-hybridized carbons (Fsp3) is 0.833. The van der Waals surface area contributed by atoms with Gasteiger partial charge < -0.3 is 10.2 Å². The van der Waals surface area contributed by atoms with E-state index in [1.807, 2.05) is 0 Å². The van der Waals surface area contributed by atoms with Crippen LogP contribution in [-0.4, -0.2) is 28.0 Å². The molecule has 3 nitrogen and oxygen atoms in total. The summed E-state index contributed by atoms with van der Waals surface area (Å²) in [6.07, 6.45) is -1.33. The average molecular weight is 150 g/mol. The van der Waals surface area contributed by atoms with Crippen molar-refractivity contribution in [1.82, 2.24) is 0 Å². The average Bonchev–Trinajstić information content (AvgIpc) is 1.86. The molecule has 2 atom stereocenters.